The molecule has 3 aromatic heterocycles. The zero-order chi connectivity index (χ0) is 25.4. The van der Waals surface area contributed by atoms with Crippen LogP contribution in [0.15, 0.2) is 30.6 Å². The van der Waals surface area contributed by atoms with Gasteiger partial charge in [-0.2, -0.15) is 10.2 Å². The summed E-state index contributed by atoms with van der Waals surface area (Å²) in [5, 5.41) is 24.6. The number of benzene rings is 1. The first-order chi connectivity index (χ1) is 17.2. The second-order valence-corrected chi connectivity index (χ2v) is 7.52. The van der Waals surface area contributed by atoms with E-state index in [1.165, 1.54) is 13.2 Å². The van der Waals surface area contributed by atoms with Crippen LogP contribution in [0.3, 0.4) is 0 Å². The van der Waals surface area contributed by atoms with Crippen molar-refractivity contribution in [2.24, 2.45) is 7.05 Å². The molecule has 1 aromatic carbocycles. The van der Waals surface area contributed by atoms with Crippen molar-refractivity contribution < 1.29 is 13.6 Å². The lowest BCUT2D eigenvalue weighted by Crippen LogP contribution is -2.21. The number of aromatic nitrogens is 8. The van der Waals surface area contributed by atoms with E-state index < -0.39 is 12.9 Å². The Kier molecular flexibility index (Phi) is 4.33. The summed E-state index contributed by atoms with van der Waals surface area (Å²) in [6, 6.07) is 6.83. The summed E-state index contributed by atoms with van der Waals surface area (Å²) in [5.41, 5.74) is 1.34. The number of carbonyl (C=O) groups is 1. The predicted octanol–water partition coefficient (Wildman–Crippen LogP) is 2.05. The topological polar surface area (TPSA) is 148 Å². The Hall–Kier alpha value is -4.35. The molecule has 0 atom stereocenters. The van der Waals surface area contributed by atoms with E-state index in [-0.39, 0.29) is 11.4 Å². The van der Waals surface area contributed by atoms with Gasteiger partial charge in [-0.3, -0.25) is 14.6 Å². The summed E-state index contributed by atoms with van der Waals surface area (Å²) in [6.07, 6.45) is 3.66. The van der Waals surface area contributed by atoms with Gasteiger partial charge in [-0.1, -0.05) is 6.07 Å². The van der Waals surface area contributed by atoms with Crippen molar-refractivity contribution >= 4 is 17.3 Å². The minimum Gasteiger partial charge on any atom is -0.494 e. The van der Waals surface area contributed by atoms with Gasteiger partial charge in [-0.15, -0.1) is 10.2 Å². The number of methoxy groups -OCH3 is 1. The maximum atomic E-state index is 12.8. The van der Waals surface area contributed by atoms with Crippen molar-refractivity contribution in [2.75, 3.05) is 19.4 Å². The average Bonchev–Trinajstić information content (AvgIpc) is 3.39. The first-order valence-electron chi connectivity index (χ1n) is 11.6. The Morgan fingerprint density at radius 2 is 2.15 bits per heavy atom. The second kappa shape index (κ2) is 8.30. The van der Waals surface area contributed by atoms with Crippen LogP contribution in [-0.4, -0.2) is 60.1 Å². The molecule has 1 fully saturated rings. The van der Waals surface area contributed by atoms with Gasteiger partial charge in [0, 0.05) is 24.1 Å². The lowest BCUT2D eigenvalue weighted by molar-refractivity contribution is 0.0958. The first-order valence-corrected chi connectivity index (χ1v) is 10.1. The number of amides is 1. The van der Waals surface area contributed by atoms with Gasteiger partial charge in [0.2, 0.25) is 5.82 Å². The van der Waals surface area contributed by atoms with Gasteiger partial charge in [0.05, 0.1) is 24.0 Å². The SMILES string of the molecule is [2H]C([2H])([2H])NC(=O)c1nnc(-c2n[nH]c(C3CC3)n2)cc1Nc1cccc(-c2ncn(C)n2)c1OC. The van der Waals surface area contributed by atoms with Gasteiger partial charge in [0.1, 0.15) is 17.8 Å². The number of hydrogen-bond donors (Lipinski definition) is 3. The molecular formula is C21H22N10O2. The minimum atomic E-state index is -2.71. The predicted molar refractivity (Wildman–Crippen MR) is 119 cm³/mol. The normalized spacial score (nSPS) is 14.8. The number of para-hydroxylation sites is 1. The molecule has 1 aliphatic carbocycles. The van der Waals surface area contributed by atoms with E-state index in [9.17, 15) is 4.79 Å². The molecular weight excluding hydrogens is 424 g/mol. The monoisotopic (exact) mass is 449 g/mol. The second-order valence-electron chi connectivity index (χ2n) is 7.52. The highest BCUT2D eigenvalue weighted by Crippen LogP contribution is 2.39. The van der Waals surface area contributed by atoms with Crippen molar-refractivity contribution in [2.45, 2.75) is 18.8 Å². The maximum absolute atomic E-state index is 12.8. The molecule has 168 valence electrons. The number of rotatable bonds is 7. The molecule has 0 spiro atoms. The molecule has 0 saturated heterocycles. The molecule has 1 aliphatic rings. The summed E-state index contributed by atoms with van der Waals surface area (Å²) >= 11 is 0. The number of aromatic amines is 1. The zero-order valence-corrected chi connectivity index (χ0v) is 17.8. The fraction of sp³-hybridized carbons (Fsp3) is 0.286. The summed E-state index contributed by atoms with van der Waals surface area (Å²) in [6.45, 7) is -2.71. The van der Waals surface area contributed by atoms with Crippen molar-refractivity contribution in [3.8, 4) is 28.7 Å². The van der Waals surface area contributed by atoms with E-state index in [4.69, 9.17) is 8.85 Å². The van der Waals surface area contributed by atoms with E-state index >= 15 is 0 Å². The highest BCUT2D eigenvalue weighted by Gasteiger charge is 2.28. The fourth-order valence-corrected chi connectivity index (χ4v) is 3.39. The third-order valence-electron chi connectivity index (χ3n) is 5.15. The summed E-state index contributed by atoms with van der Waals surface area (Å²) in [7, 11) is 3.25. The van der Waals surface area contributed by atoms with E-state index in [0.29, 0.717) is 40.3 Å². The summed E-state index contributed by atoms with van der Waals surface area (Å²) in [4.78, 5) is 21.5. The Labute approximate surface area is 193 Å². The molecule has 3 N–H and O–H groups in total. The number of H-pyrrole nitrogens is 1. The summed E-state index contributed by atoms with van der Waals surface area (Å²) in [5.74, 6) is 1.37. The van der Waals surface area contributed by atoms with E-state index in [2.05, 4.69) is 40.8 Å². The largest absolute Gasteiger partial charge is 0.494 e. The maximum Gasteiger partial charge on any atom is 0.273 e. The van der Waals surface area contributed by atoms with Gasteiger partial charge < -0.3 is 15.4 Å². The standard InChI is InChI=1S/C21H22N10O2/c1-22-21(32)16-14(9-15(26-27-16)20-25-18(28-29-20)11-7-8-11)24-13-6-4-5-12(17(13)33-3)19-23-10-31(2)30-19/h4-6,9-11H,7-8H2,1-3H3,(H,22,32)(H,24,26)(H,25,28,29)/i1D3. The van der Waals surface area contributed by atoms with Crippen LogP contribution in [0, 0.1) is 0 Å². The van der Waals surface area contributed by atoms with Gasteiger partial charge in [0.25, 0.3) is 5.91 Å². The Morgan fingerprint density at radius 3 is 2.88 bits per heavy atom. The molecule has 3 heterocycles. The Balaban J connectivity index is 1.56. The van der Waals surface area contributed by atoms with Gasteiger partial charge >= 0.3 is 0 Å². The number of carbonyl (C=O) groups excluding carboxylic acids is 1. The minimum absolute atomic E-state index is 0.184. The summed E-state index contributed by atoms with van der Waals surface area (Å²) < 4.78 is 29.4. The number of aryl methyl sites for hydroxylation is 1. The molecule has 33 heavy (non-hydrogen) atoms. The van der Waals surface area contributed by atoms with Crippen molar-refractivity contribution in [1.82, 2.24) is 45.5 Å². The number of ether oxygens (including phenoxy) is 1. The van der Waals surface area contributed by atoms with Crippen LogP contribution in [-0.2, 0) is 7.05 Å². The lowest BCUT2D eigenvalue weighted by Gasteiger charge is -2.15. The van der Waals surface area contributed by atoms with Gasteiger partial charge in [-0.05, 0) is 31.0 Å². The van der Waals surface area contributed by atoms with Crippen LogP contribution in [0.25, 0.3) is 22.9 Å². The van der Waals surface area contributed by atoms with Crippen LogP contribution >= 0.6 is 0 Å². The van der Waals surface area contributed by atoms with E-state index in [1.807, 2.05) is 5.32 Å². The molecule has 12 nitrogen and oxygen atoms in total. The molecule has 0 bridgehead atoms. The average molecular weight is 449 g/mol. The number of anilines is 2. The highest BCUT2D eigenvalue weighted by atomic mass is 16.5. The first kappa shape index (κ1) is 17.2. The van der Waals surface area contributed by atoms with Crippen LogP contribution in [0.2, 0.25) is 0 Å². The van der Waals surface area contributed by atoms with Gasteiger partial charge in [0.15, 0.2) is 17.3 Å². The Morgan fingerprint density at radius 1 is 1.27 bits per heavy atom. The lowest BCUT2D eigenvalue weighted by atomic mass is 10.1. The smallest absolute Gasteiger partial charge is 0.273 e. The highest BCUT2D eigenvalue weighted by molar-refractivity contribution is 5.99. The van der Waals surface area contributed by atoms with Crippen molar-refractivity contribution in [3.05, 3.63) is 42.1 Å². The third kappa shape index (κ3) is 3.97. The quantitative estimate of drug-likeness (QED) is 0.385. The van der Waals surface area contributed by atoms with Crippen molar-refractivity contribution in [1.29, 1.82) is 0 Å². The van der Waals surface area contributed by atoms with Gasteiger partial charge in [-0.25, -0.2) is 9.97 Å². The van der Waals surface area contributed by atoms with Crippen LogP contribution < -0.4 is 15.4 Å². The molecule has 0 unspecified atom stereocenters. The third-order valence-corrected chi connectivity index (χ3v) is 5.15. The number of nitrogens with one attached hydrogen (secondary N) is 3. The Bertz CT molecular complexity index is 1430. The van der Waals surface area contributed by atoms with E-state index in [0.717, 1.165) is 18.7 Å². The molecule has 0 aliphatic heterocycles. The van der Waals surface area contributed by atoms with Crippen molar-refractivity contribution in [3.63, 3.8) is 0 Å². The fourth-order valence-electron chi connectivity index (χ4n) is 3.39. The van der Waals surface area contributed by atoms with Crippen LogP contribution in [0.5, 0.6) is 5.75 Å². The molecule has 1 saturated carbocycles. The molecule has 5 rings (SSSR count). The van der Waals surface area contributed by atoms with Crippen LogP contribution in [0.4, 0.5) is 11.4 Å². The van der Waals surface area contributed by atoms with Crippen LogP contribution in [0.1, 0.15) is 39.2 Å². The molecule has 4 aromatic rings. The zero-order valence-electron chi connectivity index (χ0n) is 20.8. The molecule has 0 radical (unpaired) electrons. The van der Waals surface area contributed by atoms with E-state index in [1.54, 1.807) is 36.3 Å². The molecule has 12 heteroatoms. The number of hydrogen-bond acceptors (Lipinski definition) is 9. The molecule has 1 amide bonds. The number of nitrogens with zero attached hydrogens (tertiary/aromatic N) is 7.